The Hall–Kier alpha value is -0.580. The molecule has 1 aliphatic heterocycles. The minimum absolute atomic E-state index is 0. The Morgan fingerprint density at radius 3 is 2.75 bits per heavy atom. The van der Waals surface area contributed by atoms with E-state index < -0.39 is 0 Å². The fraction of sp³-hybridized carbons (Fsp3) is 0.357. The van der Waals surface area contributed by atoms with Crippen molar-refractivity contribution in [1.29, 1.82) is 0 Å². The first kappa shape index (κ1) is 17.5. The summed E-state index contributed by atoms with van der Waals surface area (Å²) in [5.41, 5.74) is 7.95. The van der Waals surface area contributed by atoms with Gasteiger partial charge in [-0.3, -0.25) is 4.90 Å². The molecular formula is C14H18Cl3N3. The molecule has 3 rings (SSSR count). The van der Waals surface area contributed by atoms with Gasteiger partial charge in [0.25, 0.3) is 0 Å². The summed E-state index contributed by atoms with van der Waals surface area (Å²) >= 11 is 6.25. The fourth-order valence-electron chi connectivity index (χ4n) is 2.49. The molecule has 1 atom stereocenters. The van der Waals surface area contributed by atoms with Crippen molar-refractivity contribution in [2.24, 2.45) is 5.73 Å². The lowest BCUT2D eigenvalue weighted by molar-refractivity contribution is 0.327. The maximum Gasteiger partial charge on any atom is 0.134 e. The van der Waals surface area contributed by atoms with E-state index in [1.807, 2.05) is 18.2 Å². The zero-order valence-electron chi connectivity index (χ0n) is 11.0. The summed E-state index contributed by atoms with van der Waals surface area (Å²) in [5, 5.41) is 1.74. The number of pyridine rings is 1. The molecule has 20 heavy (non-hydrogen) atoms. The normalized spacial score (nSPS) is 18.6. The van der Waals surface area contributed by atoms with Gasteiger partial charge in [-0.1, -0.05) is 29.8 Å². The summed E-state index contributed by atoms with van der Waals surface area (Å²) in [4.78, 5) is 6.78. The van der Waals surface area contributed by atoms with Crippen molar-refractivity contribution in [3.8, 4) is 0 Å². The number of nitrogens with two attached hydrogens (primary N) is 1. The Kier molecular flexibility index (Phi) is 6.49. The average molecular weight is 335 g/mol. The van der Waals surface area contributed by atoms with E-state index in [2.05, 4.69) is 22.0 Å². The van der Waals surface area contributed by atoms with Crippen LogP contribution < -0.4 is 5.73 Å². The number of hydrogen-bond donors (Lipinski definition) is 1. The van der Waals surface area contributed by atoms with Crippen LogP contribution in [0.2, 0.25) is 5.15 Å². The van der Waals surface area contributed by atoms with Crippen LogP contribution >= 0.6 is 36.4 Å². The molecule has 1 aliphatic rings. The predicted molar refractivity (Wildman–Crippen MR) is 89.1 cm³/mol. The first-order valence-corrected chi connectivity index (χ1v) is 6.62. The summed E-state index contributed by atoms with van der Waals surface area (Å²) in [6.07, 6.45) is 1.07. The Labute approximate surface area is 136 Å². The number of hydrogen-bond acceptors (Lipinski definition) is 3. The zero-order valence-corrected chi connectivity index (χ0v) is 13.3. The van der Waals surface area contributed by atoms with Gasteiger partial charge < -0.3 is 5.73 Å². The molecule has 2 aromatic rings. The molecule has 0 saturated carbocycles. The van der Waals surface area contributed by atoms with Crippen LogP contribution in [0.3, 0.4) is 0 Å². The van der Waals surface area contributed by atoms with E-state index in [1.165, 1.54) is 0 Å². The van der Waals surface area contributed by atoms with Crippen LogP contribution in [-0.2, 0) is 6.54 Å². The number of para-hydroxylation sites is 1. The minimum Gasteiger partial charge on any atom is -0.326 e. The first-order valence-electron chi connectivity index (χ1n) is 6.24. The lowest BCUT2D eigenvalue weighted by atomic mass is 10.1. The molecule has 0 spiro atoms. The molecule has 2 heterocycles. The highest BCUT2D eigenvalue weighted by Crippen LogP contribution is 2.23. The van der Waals surface area contributed by atoms with E-state index in [0.29, 0.717) is 11.2 Å². The van der Waals surface area contributed by atoms with Gasteiger partial charge >= 0.3 is 0 Å². The van der Waals surface area contributed by atoms with Crippen molar-refractivity contribution >= 4 is 47.3 Å². The highest BCUT2D eigenvalue weighted by atomic mass is 35.5. The number of rotatable bonds is 2. The van der Waals surface area contributed by atoms with E-state index in [0.717, 1.165) is 42.5 Å². The number of aromatic nitrogens is 1. The number of benzene rings is 1. The lowest BCUT2D eigenvalue weighted by Gasteiger charge is -2.16. The largest absolute Gasteiger partial charge is 0.326 e. The average Bonchev–Trinajstić information content (AvgIpc) is 2.76. The maximum atomic E-state index is 6.25. The third kappa shape index (κ3) is 3.74. The summed E-state index contributed by atoms with van der Waals surface area (Å²) in [6.45, 7) is 2.83. The van der Waals surface area contributed by atoms with Crippen molar-refractivity contribution in [2.45, 2.75) is 19.0 Å². The molecule has 1 aromatic carbocycles. The van der Waals surface area contributed by atoms with Gasteiger partial charge in [-0.05, 0) is 18.6 Å². The second-order valence-electron chi connectivity index (χ2n) is 4.91. The number of fused-ring (bicyclic) bond motifs is 1. The molecule has 0 radical (unpaired) electrons. The van der Waals surface area contributed by atoms with E-state index in [4.69, 9.17) is 17.3 Å². The number of nitrogens with zero attached hydrogens (tertiary/aromatic N) is 2. The van der Waals surface area contributed by atoms with Crippen molar-refractivity contribution in [3.05, 3.63) is 41.0 Å². The van der Waals surface area contributed by atoms with Crippen LogP contribution in [0.4, 0.5) is 0 Å². The summed E-state index contributed by atoms with van der Waals surface area (Å²) in [7, 11) is 0. The summed E-state index contributed by atoms with van der Waals surface area (Å²) in [6, 6.07) is 10.5. The molecule has 1 aromatic heterocycles. The molecule has 1 saturated heterocycles. The van der Waals surface area contributed by atoms with Crippen molar-refractivity contribution in [3.63, 3.8) is 0 Å². The smallest absolute Gasteiger partial charge is 0.134 e. The van der Waals surface area contributed by atoms with Gasteiger partial charge in [0.05, 0.1) is 5.52 Å². The molecule has 110 valence electrons. The van der Waals surface area contributed by atoms with Gasteiger partial charge in [-0.15, -0.1) is 24.8 Å². The highest BCUT2D eigenvalue weighted by Gasteiger charge is 2.20. The molecule has 0 bridgehead atoms. The van der Waals surface area contributed by atoms with Gasteiger partial charge in [0.1, 0.15) is 5.15 Å². The van der Waals surface area contributed by atoms with E-state index in [9.17, 15) is 0 Å². The standard InChI is InChI=1S/C14H16ClN3.2ClH/c15-14-11(8-18-6-5-12(16)9-18)7-10-3-1-2-4-13(10)17-14;;/h1-4,7,12H,5-6,8-9,16H2;2*1H/t12-;;/m0../s1. The lowest BCUT2D eigenvalue weighted by Crippen LogP contribution is -2.26. The van der Waals surface area contributed by atoms with Gasteiger partial charge in [0.15, 0.2) is 0 Å². The van der Waals surface area contributed by atoms with Crippen LogP contribution in [-0.4, -0.2) is 29.0 Å². The van der Waals surface area contributed by atoms with E-state index in [-0.39, 0.29) is 24.8 Å². The molecular weight excluding hydrogens is 317 g/mol. The first-order chi connectivity index (χ1) is 8.72. The maximum absolute atomic E-state index is 6.25. The number of likely N-dealkylation sites (tertiary alicyclic amines) is 1. The molecule has 1 fully saturated rings. The van der Waals surface area contributed by atoms with Crippen LogP contribution in [0.15, 0.2) is 30.3 Å². The van der Waals surface area contributed by atoms with Gasteiger partial charge in [-0.2, -0.15) is 0 Å². The third-order valence-electron chi connectivity index (χ3n) is 3.45. The van der Waals surface area contributed by atoms with Gasteiger partial charge in [0.2, 0.25) is 0 Å². The van der Waals surface area contributed by atoms with E-state index in [1.54, 1.807) is 0 Å². The number of halogens is 3. The molecule has 0 unspecified atom stereocenters. The second kappa shape index (κ2) is 7.43. The molecule has 2 N–H and O–H groups in total. The van der Waals surface area contributed by atoms with Crippen molar-refractivity contribution < 1.29 is 0 Å². The molecule has 3 nitrogen and oxygen atoms in total. The Balaban J connectivity index is 0.000001000. The van der Waals surface area contributed by atoms with Crippen LogP contribution in [0.1, 0.15) is 12.0 Å². The predicted octanol–water partition coefficient (Wildman–Crippen LogP) is 3.26. The molecule has 0 aliphatic carbocycles. The van der Waals surface area contributed by atoms with Crippen LogP contribution in [0.5, 0.6) is 0 Å². The third-order valence-corrected chi connectivity index (χ3v) is 3.78. The SMILES string of the molecule is Cl.Cl.N[C@H]1CCN(Cc2cc3ccccc3nc2Cl)C1. The van der Waals surface area contributed by atoms with Crippen molar-refractivity contribution in [2.75, 3.05) is 13.1 Å². The quantitative estimate of drug-likeness (QED) is 0.857. The van der Waals surface area contributed by atoms with E-state index >= 15 is 0 Å². The molecule has 6 heteroatoms. The highest BCUT2D eigenvalue weighted by molar-refractivity contribution is 6.30. The second-order valence-corrected chi connectivity index (χ2v) is 5.27. The molecule has 0 amide bonds. The Bertz CT molecular complexity index is 577. The summed E-state index contributed by atoms with van der Waals surface area (Å²) in [5.74, 6) is 0. The topological polar surface area (TPSA) is 42.1 Å². The Morgan fingerprint density at radius 1 is 1.30 bits per heavy atom. The zero-order chi connectivity index (χ0) is 12.5. The Morgan fingerprint density at radius 2 is 2.05 bits per heavy atom. The van der Waals surface area contributed by atoms with Crippen LogP contribution in [0, 0.1) is 0 Å². The monoisotopic (exact) mass is 333 g/mol. The van der Waals surface area contributed by atoms with Gasteiger partial charge in [-0.25, -0.2) is 4.98 Å². The van der Waals surface area contributed by atoms with Crippen molar-refractivity contribution in [1.82, 2.24) is 9.88 Å². The fourth-order valence-corrected chi connectivity index (χ4v) is 2.70. The van der Waals surface area contributed by atoms with Gasteiger partial charge in [0, 0.05) is 36.6 Å². The summed E-state index contributed by atoms with van der Waals surface area (Å²) < 4.78 is 0. The van der Waals surface area contributed by atoms with Crippen LogP contribution in [0.25, 0.3) is 10.9 Å². The minimum atomic E-state index is 0.